The summed E-state index contributed by atoms with van der Waals surface area (Å²) < 4.78 is 5.15. The SMILES string of the molecule is CCOC(=O)C1CC(CCO)ON1[C@H](C)c1ccccc1. The van der Waals surface area contributed by atoms with Crippen molar-refractivity contribution in [3.05, 3.63) is 35.9 Å². The maximum absolute atomic E-state index is 12.1. The summed E-state index contributed by atoms with van der Waals surface area (Å²) in [5, 5.41) is 10.8. The molecule has 0 spiro atoms. The van der Waals surface area contributed by atoms with Crippen molar-refractivity contribution in [1.29, 1.82) is 0 Å². The van der Waals surface area contributed by atoms with Gasteiger partial charge in [0.2, 0.25) is 0 Å². The number of carbonyl (C=O) groups is 1. The van der Waals surface area contributed by atoms with Gasteiger partial charge in [0.05, 0.1) is 18.8 Å². The minimum atomic E-state index is -0.420. The highest BCUT2D eigenvalue weighted by atomic mass is 16.7. The number of rotatable bonds is 6. The Morgan fingerprint density at radius 2 is 2.19 bits per heavy atom. The van der Waals surface area contributed by atoms with Crippen LogP contribution >= 0.6 is 0 Å². The van der Waals surface area contributed by atoms with Crippen LogP contribution < -0.4 is 0 Å². The normalized spacial score (nSPS) is 24.0. The van der Waals surface area contributed by atoms with Crippen molar-refractivity contribution in [3.8, 4) is 0 Å². The molecule has 0 aliphatic carbocycles. The Hall–Kier alpha value is -1.43. The first-order valence-corrected chi connectivity index (χ1v) is 7.45. The second-order valence-electron chi connectivity index (χ2n) is 5.19. The molecule has 5 nitrogen and oxygen atoms in total. The number of hydrogen-bond acceptors (Lipinski definition) is 5. The van der Waals surface area contributed by atoms with Crippen molar-refractivity contribution >= 4 is 5.97 Å². The van der Waals surface area contributed by atoms with E-state index in [4.69, 9.17) is 14.7 Å². The molecule has 0 bridgehead atoms. The van der Waals surface area contributed by atoms with E-state index in [0.717, 1.165) is 5.56 Å². The maximum atomic E-state index is 12.1. The van der Waals surface area contributed by atoms with Gasteiger partial charge in [0, 0.05) is 13.0 Å². The summed E-state index contributed by atoms with van der Waals surface area (Å²) in [5.41, 5.74) is 1.08. The fourth-order valence-electron chi connectivity index (χ4n) is 2.63. The highest BCUT2D eigenvalue weighted by Gasteiger charge is 2.41. The van der Waals surface area contributed by atoms with Crippen LogP contribution in [0.1, 0.15) is 38.3 Å². The molecule has 1 aromatic rings. The lowest BCUT2D eigenvalue weighted by Gasteiger charge is -2.28. The Labute approximate surface area is 125 Å². The average Bonchev–Trinajstić information content (AvgIpc) is 2.92. The molecule has 1 saturated heterocycles. The minimum absolute atomic E-state index is 0.0494. The standard InChI is InChI=1S/C16H23NO4/c1-3-20-16(19)15-11-14(9-10-18)21-17(15)12(2)13-7-5-4-6-8-13/h4-8,12,14-15,18H,3,9-11H2,1-2H3/t12-,14?,15?/m1/s1. The number of ether oxygens (including phenoxy) is 1. The lowest BCUT2D eigenvalue weighted by atomic mass is 10.0. The van der Waals surface area contributed by atoms with Gasteiger partial charge in [0.1, 0.15) is 6.04 Å². The second-order valence-corrected chi connectivity index (χ2v) is 5.19. The van der Waals surface area contributed by atoms with Gasteiger partial charge in [-0.25, -0.2) is 0 Å². The molecule has 1 N–H and O–H groups in total. The number of aliphatic hydroxyl groups is 1. The minimum Gasteiger partial charge on any atom is -0.465 e. The van der Waals surface area contributed by atoms with Gasteiger partial charge in [-0.1, -0.05) is 30.3 Å². The molecular weight excluding hydrogens is 270 g/mol. The fourth-order valence-corrected chi connectivity index (χ4v) is 2.63. The molecular formula is C16H23NO4. The van der Waals surface area contributed by atoms with E-state index in [0.29, 0.717) is 19.4 Å². The number of nitrogens with zero attached hydrogens (tertiary/aromatic N) is 1. The summed E-state index contributed by atoms with van der Waals surface area (Å²) in [4.78, 5) is 18.0. The highest BCUT2D eigenvalue weighted by molar-refractivity contribution is 5.76. The number of carbonyl (C=O) groups excluding carboxylic acids is 1. The molecule has 1 aliphatic heterocycles. The lowest BCUT2D eigenvalue weighted by Crippen LogP contribution is -2.38. The summed E-state index contributed by atoms with van der Waals surface area (Å²) in [6.07, 6.45) is 0.931. The van der Waals surface area contributed by atoms with E-state index >= 15 is 0 Å². The predicted octanol–water partition coefficient (Wildman–Crippen LogP) is 2.07. The van der Waals surface area contributed by atoms with Crippen molar-refractivity contribution in [1.82, 2.24) is 5.06 Å². The quantitative estimate of drug-likeness (QED) is 0.814. The van der Waals surface area contributed by atoms with E-state index in [1.54, 1.807) is 12.0 Å². The van der Waals surface area contributed by atoms with Gasteiger partial charge < -0.3 is 9.84 Å². The lowest BCUT2D eigenvalue weighted by molar-refractivity contribution is -0.200. The molecule has 0 amide bonds. The third-order valence-corrected chi connectivity index (χ3v) is 3.74. The van der Waals surface area contributed by atoms with Crippen molar-refractivity contribution in [3.63, 3.8) is 0 Å². The van der Waals surface area contributed by atoms with Gasteiger partial charge in [-0.15, -0.1) is 0 Å². The van der Waals surface area contributed by atoms with E-state index < -0.39 is 6.04 Å². The zero-order valence-electron chi connectivity index (χ0n) is 12.6. The van der Waals surface area contributed by atoms with Crippen LogP contribution in [0.4, 0.5) is 0 Å². The molecule has 1 heterocycles. The Bertz CT molecular complexity index is 451. The summed E-state index contributed by atoms with van der Waals surface area (Å²) >= 11 is 0. The van der Waals surface area contributed by atoms with Gasteiger partial charge in [0.15, 0.2) is 0 Å². The predicted molar refractivity (Wildman–Crippen MR) is 78.3 cm³/mol. The fraction of sp³-hybridized carbons (Fsp3) is 0.562. The zero-order valence-corrected chi connectivity index (χ0v) is 12.6. The molecule has 0 saturated carbocycles. The third kappa shape index (κ3) is 3.81. The molecule has 3 atom stereocenters. The zero-order chi connectivity index (χ0) is 15.2. The van der Waals surface area contributed by atoms with Gasteiger partial charge in [0.25, 0.3) is 0 Å². The Kier molecular flexibility index (Phi) is 5.73. The number of esters is 1. The summed E-state index contributed by atoms with van der Waals surface area (Å²) in [6.45, 7) is 4.20. The Balaban J connectivity index is 2.15. The topological polar surface area (TPSA) is 59.0 Å². The van der Waals surface area contributed by atoms with E-state index in [-0.39, 0.29) is 24.7 Å². The first-order chi connectivity index (χ1) is 10.2. The van der Waals surface area contributed by atoms with Gasteiger partial charge in [-0.3, -0.25) is 9.63 Å². The van der Waals surface area contributed by atoms with Gasteiger partial charge in [-0.05, 0) is 25.8 Å². The van der Waals surface area contributed by atoms with E-state index in [1.807, 2.05) is 37.3 Å². The largest absolute Gasteiger partial charge is 0.465 e. The van der Waals surface area contributed by atoms with Crippen LogP contribution in [0.25, 0.3) is 0 Å². The van der Waals surface area contributed by atoms with Gasteiger partial charge >= 0.3 is 5.97 Å². The van der Waals surface area contributed by atoms with Crippen LogP contribution in [-0.2, 0) is 14.4 Å². The van der Waals surface area contributed by atoms with Crippen molar-refractivity contribution < 1.29 is 19.5 Å². The number of hydrogen-bond donors (Lipinski definition) is 1. The molecule has 2 rings (SSSR count). The summed E-state index contributed by atoms with van der Waals surface area (Å²) in [6, 6.07) is 9.43. The van der Waals surface area contributed by atoms with Crippen molar-refractivity contribution in [2.75, 3.05) is 13.2 Å². The van der Waals surface area contributed by atoms with Crippen LogP contribution in [-0.4, -0.2) is 41.5 Å². The average molecular weight is 293 g/mol. The monoisotopic (exact) mass is 293 g/mol. The van der Waals surface area contributed by atoms with Crippen LogP contribution in [0.15, 0.2) is 30.3 Å². The van der Waals surface area contributed by atoms with Crippen LogP contribution in [0, 0.1) is 0 Å². The molecule has 1 fully saturated rings. The Morgan fingerprint density at radius 3 is 2.81 bits per heavy atom. The molecule has 0 aromatic heterocycles. The summed E-state index contributed by atoms with van der Waals surface area (Å²) in [5.74, 6) is -0.263. The first-order valence-electron chi connectivity index (χ1n) is 7.45. The van der Waals surface area contributed by atoms with E-state index in [2.05, 4.69) is 0 Å². The van der Waals surface area contributed by atoms with Crippen LogP contribution in [0.2, 0.25) is 0 Å². The second kappa shape index (κ2) is 7.54. The third-order valence-electron chi connectivity index (χ3n) is 3.74. The highest BCUT2D eigenvalue weighted by Crippen LogP contribution is 2.32. The van der Waals surface area contributed by atoms with E-state index in [1.165, 1.54) is 0 Å². The van der Waals surface area contributed by atoms with Gasteiger partial charge in [-0.2, -0.15) is 5.06 Å². The molecule has 0 radical (unpaired) electrons. The molecule has 1 aliphatic rings. The first kappa shape index (κ1) is 15.9. The summed E-state index contributed by atoms with van der Waals surface area (Å²) in [7, 11) is 0. The van der Waals surface area contributed by atoms with Crippen molar-refractivity contribution in [2.45, 2.75) is 44.9 Å². The van der Waals surface area contributed by atoms with Crippen LogP contribution in [0.3, 0.4) is 0 Å². The number of benzene rings is 1. The van der Waals surface area contributed by atoms with Crippen LogP contribution in [0.5, 0.6) is 0 Å². The smallest absolute Gasteiger partial charge is 0.325 e. The van der Waals surface area contributed by atoms with E-state index in [9.17, 15) is 4.79 Å². The van der Waals surface area contributed by atoms with Crippen molar-refractivity contribution in [2.24, 2.45) is 0 Å². The molecule has 5 heteroatoms. The number of aliphatic hydroxyl groups excluding tert-OH is 1. The maximum Gasteiger partial charge on any atom is 0.325 e. The number of hydroxylamine groups is 2. The Morgan fingerprint density at radius 1 is 1.48 bits per heavy atom. The molecule has 116 valence electrons. The molecule has 2 unspecified atom stereocenters. The molecule has 21 heavy (non-hydrogen) atoms. The molecule has 1 aromatic carbocycles.